The third-order valence-electron chi connectivity index (χ3n) is 2.03. The van der Waals surface area contributed by atoms with Crippen molar-refractivity contribution in [3.05, 3.63) is 23.9 Å². The van der Waals surface area contributed by atoms with Gasteiger partial charge >= 0.3 is 5.97 Å². The van der Waals surface area contributed by atoms with Gasteiger partial charge in [0.25, 0.3) is 10.0 Å². The molecule has 0 aliphatic rings. The fourth-order valence-electron chi connectivity index (χ4n) is 1.28. The van der Waals surface area contributed by atoms with E-state index in [1.165, 1.54) is 23.9 Å². The number of nitrogens with zero attached hydrogens (tertiary/aromatic N) is 1. The molecule has 0 amide bonds. The van der Waals surface area contributed by atoms with Crippen LogP contribution in [-0.2, 0) is 10.0 Å². The summed E-state index contributed by atoms with van der Waals surface area (Å²) in [5, 5.41) is 8.51. The van der Waals surface area contributed by atoms with Crippen LogP contribution >= 0.6 is 11.8 Å². The molecule has 1 unspecified atom stereocenters. The van der Waals surface area contributed by atoms with Crippen molar-refractivity contribution in [2.45, 2.75) is 18.0 Å². The molecule has 18 heavy (non-hydrogen) atoms. The number of pyridine rings is 1. The van der Waals surface area contributed by atoms with E-state index in [2.05, 4.69) is 9.71 Å². The van der Waals surface area contributed by atoms with Crippen LogP contribution in [0.5, 0.6) is 0 Å². The highest BCUT2D eigenvalue weighted by atomic mass is 32.2. The fraction of sp³-hybridized carbons (Fsp3) is 0.400. The predicted octanol–water partition coefficient (Wildman–Crippen LogP) is 0.810. The van der Waals surface area contributed by atoms with E-state index in [0.29, 0.717) is 5.75 Å². The second-order valence-corrected chi connectivity index (χ2v) is 6.24. The van der Waals surface area contributed by atoms with Crippen molar-refractivity contribution in [2.75, 3.05) is 12.0 Å². The molecule has 0 aromatic carbocycles. The van der Waals surface area contributed by atoms with E-state index in [1.54, 1.807) is 6.92 Å². The lowest BCUT2D eigenvalue weighted by atomic mass is 10.3. The lowest BCUT2D eigenvalue weighted by molar-refractivity contribution is 0.0696. The largest absolute Gasteiger partial charge is 0.478 e. The zero-order valence-corrected chi connectivity index (χ0v) is 11.6. The van der Waals surface area contributed by atoms with Crippen molar-refractivity contribution >= 4 is 27.8 Å². The Morgan fingerprint density at radius 3 is 2.67 bits per heavy atom. The standard InChI is InChI=1S/C10H14N2O4S2/c1-7(6-17-2)12-18(15,16)9-4-3-8(5-11-9)10(13)14/h3-5,7,12H,6H2,1-2H3,(H,13,14). The summed E-state index contributed by atoms with van der Waals surface area (Å²) in [6.07, 6.45) is 2.90. The number of sulfonamides is 1. The van der Waals surface area contributed by atoms with E-state index in [1.807, 2.05) is 6.26 Å². The molecule has 6 nitrogen and oxygen atoms in total. The molecule has 1 rings (SSSR count). The van der Waals surface area contributed by atoms with Gasteiger partial charge in [-0.3, -0.25) is 0 Å². The number of carbonyl (C=O) groups is 1. The second kappa shape index (κ2) is 6.17. The quantitative estimate of drug-likeness (QED) is 0.805. The normalized spacial score (nSPS) is 13.2. The second-order valence-electron chi connectivity index (χ2n) is 3.67. The van der Waals surface area contributed by atoms with Crippen LogP contribution in [0.1, 0.15) is 17.3 Å². The first-order chi connectivity index (χ1) is 8.36. The van der Waals surface area contributed by atoms with Gasteiger partial charge in [-0.25, -0.2) is 22.9 Å². The number of rotatable bonds is 6. The molecule has 1 heterocycles. The average Bonchev–Trinajstić information content (AvgIpc) is 2.28. The number of aromatic nitrogens is 1. The molecular weight excluding hydrogens is 276 g/mol. The SMILES string of the molecule is CSCC(C)NS(=O)(=O)c1ccc(C(=O)O)cn1. The van der Waals surface area contributed by atoms with Gasteiger partial charge < -0.3 is 5.11 Å². The molecule has 0 bridgehead atoms. The molecule has 1 aromatic rings. The first-order valence-corrected chi connectivity index (χ1v) is 7.95. The van der Waals surface area contributed by atoms with Gasteiger partial charge in [0.2, 0.25) is 0 Å². The molecular formula is C10H14N2O4S2. The van der Waals surface area contributed by atoms with Crippen LogP contribution in [0.3, 0.4) is 0 Å². The van der Waals surface area contributed by atoms with Crippen molar-refractivity contribution in [2.24, 2.45) is 0 Å². The summed E-state index contributed by atoms with van der Waals surface area (Å²) in [7, 11) is -3.69. The van der Waals surface area contributed by atoms with E-state index in [0.717, 1.165) is 6.20 Å². The van der Waals surface area contributed by atoms with Gasteiger partial charge in [-0.2, -0.15) is 11.8 Å². The first kappa shape index (κ1) is 14.9. The molecule has 1 atom stereocenters. The number of hydrogen-bond donors (Lipinski definition) is 2. The van der Waals surface area contributed by atoms with Crippen LogP contribution in [0.2, 0.25) is 0 Å². The molecule has 0 saturated carbocycles. The van der Waals surface area contributed by atoms with Crippen molar-refractivity contribution in [3.8, 4) is 0 Å². The Balaban J connectivity index is 2.88. The molecule has 8 heteroatoms. The van der Waals surface area contributed by atoms with Gasteiger partial charge in [0, 0.05) is 18.0 Å². The summed E-state index contributed by atoms with van der Waals surface area (Å²) in [6.45, 7) is 1.75. The first-order valence-electron chi connectivity index (χ1n) is 5.07. The Morgan fingerprint density at radius 2 is 2.22 bits per heavy atom. The summed E-state index contributed by atoms with van der Waals surface area (Å²) in [5.74, 6) is -0.498. The smallest absolute Gasteiger partial charge is 0.337 e. The van der Waals surface area contributed by atoms with Gasteiger partial charge in [-0.05, 0) is 25.3 Å². The van der Waals surface area contributed by atoms with E-state index < -0.39 is 16.0 Å². The van der Waals surface area contributed by atoms with Gasteiger partial charge in [0.15, 0.2) is 5.03 Å². The molecule has 100 valence electrons. The van der Waals surface area contributed by atoms with Crippen LogP contribution in [0.4, 0.5) is 0 Å². The predicted molar refractivity (Wildman–Crippen MR) is 69.4 cm³/mol. The maximum absolute atomic E-state index is 11.9. The summed E-state index contributed by atoms with van der Waals surface area (Å²) >= 11 is 1.53. The van der Waals surface area contributed by atoms with Gasteiger partial charge in [0.1, 0.15) is 0 Å². The van der Waals surface area contributed by atoms with Crippen molar-refractivity contribution in [3.63, 3.8) is 0 Å². The van der Waals surface area contributed by atoms with Crippen molar-refractivity contribution < 1.29 is 18.3 Å². The molecule has 0 saturated heterocycles. The minimum absolute atomic E-state index is 0.0499. The number of aromatic carboxylic acids is 1. The Bertz CT molecular complexity index is 513. The minimum atomic E-state index is -3.69. The highest BCUT2D eigenvalue weighted by Gasteiger charge is 2.18. The summed E-state index contributed by atoms with van der Waals surface area (Å²) in [6, 6.07) is 2.17. The van der Waals surface area contributed by atoms with Crippen molar-refractivity contribution in [1.29, 1.82) is 0 Å². The molecule has 2 N–H and O–H groups in total. The zero-order chi connectivity index (χ0) is 13.8. The Hall–Kier alpha value is -1.12. The van der Waals surface area contributed by atoms with Crippen LogP contribution < -0.4 is 4.72 Å². The lowest BCUT2D eigenvalue weighted by Crippen LogP contribution is -2.34. The third-order valence-corrected chi connectivity index (χ3v) is 4.37. The van der Waals surface area contributed by atoms with Gasteiger partial charge in [-0.15, -0.1) is 0 Å². The summed E-state index contributed by atoms with van der Waals surface area (Å²) in [4.78, 5) is 14.3. The monoisotopic (exact) mass is 290 g/mol. The van der Waals surface area contributed by atoms with Crippen LogP contribution in [0.15, 0.2) is 23.4 Å². The van der Waals surface area contributed by atoms with Crippen LogP contribution in [0.25, 0.3) is 0 Å². The Labute approximate surface area is 110 Å². The summed E-state index contributed by atoms with van der Waals surface area (Å²) < 4.78 is 26.2. The fourth-order valence-corrected chi connectivity index (χ4v) is 3.14. The van der Waals surface area contributed by atoms with E-state index in [-0.39, 0.29) is 16.6 Å². The average molecular weight is 290 g/mol. The molecule has 0 fully saturated rings. The highest BCUT2D eigenvalue weighted by molar-refractivity contribution is 7.98. The highest BCUT2D eigenvalue weighted by Crippen LogP contribution is 2.08. The Morgan fingerprint density at radius 1 is 1.56 bits per heavy atom. The lowest BCUT2D eigenvalue weighted by Gasteiger charge is -2.12. The molecule has 0 spiro atoms. The number of carboxylic acid groups (broad SMARTS) is 1. The molecule has 0 aliphatic carbocycles. The maximum atomic E-state index is 11.9. The van der Waals surface area contributed by atoms with Crippen molar-refractivity contribution in [1.82, 2.24) is 9.71 Å². The van der Waals surface area contributed by atoms with Crippen LogP contribution in [-0.4, -0.2) is 42.5 Å². The number of hydrogen-bond acceptors (Lipinski definition) is 5. The third kappa shape index (κ3) is 3.97. The number of nitrogens with one attached hydrogen (secondary N) is 1. The molecule has 0 radical (unpaired) electrons. The molecule has 1 aromatic heterocycles. The zero-order valence-electron chi connectivity index (χ0n) is 9.95. The summed E-state index contributed by atoms with van der Waals surface area (Å²) in [5.41, 5.74) is -0.0499. The minimum Gasteiger partial charge on any atom is -0.478 e. The Kier molecular flexibility index (Phi) is 5.12. The number of thioether (sulfide) groups is 1. The van der Waals surface area contributed by atoms with Gasteiger partial charge in [-0.1, -0.05) is 0 Å². The van der Waals surface area contributed by atoms with E-state index in [9.17, 15) is 13.2 Å². The maximum Gasteiger partial charge on any atom is 0.337 e. The van der Waals surface area contributed by atoms with E-state index >= 15 is 0 Å². The topological polar surface area (TPSA) is 96.4 Å². The van der Waals surface area contributed by atoms with Gasteiger partial charge in [0.05, 0.1) is 5.56 Å². The number of carboxylic acids is 1. The van der Waals surface area contributed by atoms with Crippen LogP contribution in [0, 0.1) is 0 Å². The molecule has 0 aliphatic heterocycles. The van der Waals surface area contributed by atoms with E-state index in [4.69, 9.17) is 5.11 Å².